The molecule has 1 aromatic carbocycles. The number of amides is 3. The van der Waals surface area contributed by atoms with Gasteiger partial charge < -0.3 is 26.4 Å². The summed E-state index contributed by atoms with van der Waals surface area (Å²) in [5.41, 5.74) is 6.38. The molecule has 5 N–H and O–H groups in total. The van der Waals surface area contributed by atoms with Crippen LogP contribution >= 0.6 is 0 Å². The molecule has 0 saturated heterocycles. The fourth-order valence-electron chi connectivity index (χ4n) is 2.51. The Balaban J connectivity index is 2.80. The van der Waals surface area contributed by atoms with E-state index in [4.69, 9.17) is 5.73 Å². The third-order valence-corrected chi connectivity index (χ3v) is 4.16. The first-order valence-corrected chi connectivity index (χ1v) is 8.99. The highest BCUT2D eigenvalue weighted by Gasteiger charge is 2.29. The first-order valence-electron chi connectivity index (χ1n) is 8.99. The average Bonchev–Trinajstić information content (AvgIpc) is 2.65. The Morgan fingerprint density at radius 2 is 1.70 bits per heavy atom. The van der Waals surface area contributed by atoms with Gasteiger partial charge in [-0.25, -0.2) is 0 Å². The van der Waals surface area contributed by atoms with Gasteiger partial charge in [0.05, 0.1) is 0 Å². The van der Waals surface area contributed by atoms with Crippen LogP contribution in [0.4, 0.5) is 0 Å². The first kappa shape index (κ1) is 22.6. The van der Waals surface area contributed by atoms with Crippen LogP contribution in [0.2, 0.25) is 0 Å². The van der Waals surface area contributed by atoms with Crippen LogP contribution in [0.5, 0.6) is 0 Å². The molecule has 3 amide bonds. The molecule has 1 aromatic rings. The largest absolute Gasteiger partial charge is 0.382 e. The molecule has 0 heterocycles. The Morgan fingerprint density at radius 1 is 1.11 bits per heavy atom. The maximum atomic E-state index is 12.5. The van der Waals surface area contributed by atoms with Gasteiger partial charge in [-0.15, -0.1) is 0 Å². The molecule has 0 spiro atoms. The van der Waals surface area contributed by atoms with Crippen LogP contribution in [-0.2, 0) is 14.4 Å². The molecule has 0 aromatic heterocycles. The summed E-state index contributed by atoms with van der Waals surface area (Å²) in [6, 6.07) is 6.32. The average molecular weight is 378 g/mol. The number of nitrogens with two attached hydrogens (primary N) is 1. The molecule has 8 heteroatoms. The smallest absolute Gasteiger partial charge is 0.251 e. The number of aliphatic hydroxyl groups excluding tert-OH is 1. The topological polar surface area (TPSA) is 125 Å². The minimum Gasteiger partial charge on any atom is -0.382 e. The normalized spacial score (nSPS) is 15.2. The Hall–Kier alpha value is -2.45. The van der Waals surface area contributed by atoms with Crippen molar-refractivity contribution in [2.75, 3.05) is 14.1 Å². The highest BCUT2D eigenvalue weighted by atomic mass is 16.3. The van der Waals surface area contributed by atoms with Crippen molar-refractivity contribution in [3.05, 3.63) is 35.9 Å². The second-order valence-electron chi connectivity index (χ2n) is 6.71. The van der Waals surface area contributed by atoms with Gasteiger partial charge in [-0.2, -0.15) is 0 Å². The van der Waals surface area contributed by atoms with Crippen LogP contribution in [0, 0.1) is 0 Å². The summed E-state index contributed by atoms with van der Waals surface area (Å²) in [7, 11) is 3.20. The van der Waals surface area contributed by atoms with Crippen molar-refractivity contribution in [2.45, 2.75) is 50.9 Å². The maximum Gasteiger partial charge on any atom is 0.251 e. The highest BCUT2D eigenvalue weighted by molar-refractivity contribution is 5.93. The molecule has 0 aliphatic heterocycles. The van der Waals surface area contributed by atoms with Gasteiger partial charge in [0, 0.05) is 20.1 Å². The predicted octanol–water partition coefficient (Wildman–Crippen LogP) is -0.0749. The van der Waals surface area contributed by atoms with Gasteiger partial charge in [-0.3, -0.25) is 14.4 Å². The second kappa shape index (κ2) is 10.6. The Bertz CT molecular complexity index is 636. The van der Waals surface area contributed by atoms with Crippen molar-refractivity contribution in [1.82, 2.24) is 15.5 Å². The number of aliphatic hydroxyl groups is 1. The zero-order valence-corrected chi connectivity index (χ0v) is 16.3. The third-order valence-electron chi connectivity index (χ3n) is 4.16. The molecule has 8 nitrogen and oxygen atoms in total. The predicted molar refractivity (Wildman–Crippen MR) is 103 cm³/mol. The summed E-state index contributed by atoms with van der Waals surface area (Å²) in [6.07, 6.45) is -0.177. The Morgan fingerprint density at radius 3 is 2.22 bits per heavy atom. The van der Waals surface area contributed by atoms with Crippen LogP contribution in [0.25, 0.3) is 0 Å². The van der Waals surface area contributed by atoms with Gasteiger partial charge in [-0.1, -0.05) is 43.7 Å². The van der Waals surface area contributed by atoms with E-state index >= 15 is 0 Å². The number of nitrogens with one attached hydrogen (secondary N) is 2. The lowest BCUT2D eigenvalue weighted by Crippen LogP contribution is -2.53. The summed E-state index contributed by atoms with van der Waals surface area (Å²) < 4.78 is 0. The molecule has 0 saturated carbocycles. The van der Waals surface area contributed by atoms with Crippen molar-refractivity contribution >= 4 is 17.7 Å². The minimum atomic E-state index is -1.39. The Kier molecular flexibility index (Phi) is 8.90. The quantitative estimate of drug-likeness (QED) is 0.479. The molecule has 1 unspecified atom stereocenters. The molecule has 1 rings (SSSR count). The molecule has 27 heavy (non-hydrogen) atoms. The van der Waals surface area contributed by atoms with Crippen LogP contribution in [0.3, 0.4) is 0 Å². The molecule has 0 bridgehead atoms. The SMILES string of the molecule is CCC[C@H](N)[C@H](O)C(=O)NC(C)C(=O)N[C@H](C(=O)N(C)C)c1ccccc1. The summed E-state index contributed by atoms with van der Waals surface area (Å²) in [6.45, 7) is 3.37. The van der Waals surface area contributed by atoms with E-state index in [-0.39, 0.29) is 5.91 Å². The van der Waals surface area contributed by atoms with Gasteiger partial charge in [-0.05, 0) is 18.9 Å². The van der Waals surface area contributed by atoms with Gasteiger partial charge in [0.15, 0.2) is 0 Å². The zero-order chi connectivity index (χ0) is 20.6. The van der Waals surface area contributed by atoms with Crippen molar-refractivity contribution in [2.24, 2.45) is 5.73 Å². The highest BCUT2D eigenvalue weighted by Crippen LogP contribution is 2.15. The van der Waals surface area contributed by atoms with Gasteiger partial charge in [0.1, 0.15) is 18.2 Å². The van der Waals surface area contributed by atoms with E-state index in [0.29, 0.717) is 12.0 Å². The molecule has 0 aliphatic rings. The van der Waals surface area contributed by atoms with Crippen molar-refractivity contribution in [1.29, 1.82) is 0 Å². The molecule has 150 valence electrons. The lowest BCUT2D eigenvalue weighted by molar-refractivity contribution is -0.137. The number of carbonyl (C=O) groups is 3. The van der Waals surface area contributed by atoms with E-state index in [2.05, 4.69) is 10.6 Å². The van der Waals surface area contributed by atoms with Gasteiger partial charge >= 0.3 is 0 Å². The van der Waals surface area contributed by atoms with E-state index in [0.717, 1.165) is 6.42 Å². The number of benzene rings is 1. The first-order chi connectivity index (χ1) is 12.7. The lowest BCUT2D eigenvalue weighted by atomic mass is 10.0. The molecule has 4 atom stereocenters. The van der Waals surface area contributed by atoms with E-state index in [1.54, 1.807) is 38.4 Å². The summed E-state index contributed by atoms with van der Waals surface area (Å²) in [4.78, 5) is 38.4. The van der Waals surface area contributed by atoms with E-state index in [9.17, 15) is 19.5 Å². The summed E-state index contributed by atoms with van der Waals surface area (Å²) >= 11 is 0. The van der Waals surface area contributed by atoms with Gasteiger partial charge in [0.2, 0.25) is 11.8 Å². The second-order valence-corrected chi connectivity index (χ2v) is 6.71. The number of likely N-dealkylation sites (N-methyl/N-ethyl adjacent to an activating group) is 1. The number of nitrogens with zero attached hydrogens (tertiary/aromatic N) is 1. The molecule has 0 radical (unpaired) electrons. The maximum absolute atomic E-state index is 12.5. The lowest BCUT2D eigenvalue weighted by Gasteiger charge is -2.25. The van der Waals surface area contributed by atoms with Crippen molar-refractivity contribution in [3.63, 3.8) is 0 Å². The Labute approximate surface area is 160 Å². The fraction of sp³-hybridized carbons (Fsp3) is 0.526. The molecule has 0 aliphatic carbocycles. The summed E-state index contributed by atoms with van der Waals surface area (Å²) in [5, 5.41) is 15.0. The molecule has 0 fully saturated rings. The van der Waals surface area contributed by atoms with E-state index < -0.39 is 36.0 Å². The zero-order valence-electron chi connectivity index (χ0n) is 16.3. The fourth-order valence-corrected chi connectivity index (χ4v) is 2.51. The molecular formula is C19H30N4O4. The van der Waals surface area contributed by atoms with Crippen LogP contribution in [0.1, 0.15) is 38.3 Å². The van der Waals surface area contributed by atoms with E-state index in [1.165, 1.54) is 11.8 Å². The monoisotopic (exact) mass is 378 g/mol. The van der Waals surface area contributed by atoms with Crippen LogP contribution < -0.4 is 16.4 Å². The van der Waals surface area contributed by atoms with Gasteiger partial charge in [0.25, 0.3) is 5.91 Å². The summed E-state index contributed by atoms with van der Waals surface area (Å²) in [5.74, 6) is -1.55. The van der Waals surface area contributed by atoms with Crippen molar-refractivity contribution in [3.8, 4) is 0 Å². The minimum absolute atomic E-state index is 0.293. The molecular weight excluding hydrogens is 348 g/mol. The number of carbonyl (C=O) groups excluding carboxylic acids is 3. The van der Waals surface area contributed by atoms with Crippen molar-refractivity contribution < 1.29 is 19.5 Å². The number of rotatable bonds is 9. The number of hydrogen-bond donors (Lipinski definition) is 4. The number of hydrogen-bond acceptors (Lipinski definition) is 5. The van der Waals surface area contributed by atoms with E-state index in [1.807, 2.05) is 13.0 Å². The van der Waals surface area contributed by atoms with Crippen LogP contribution in [0.15, 0.2) is 30.3 Å². The van der Waals surface area contributed by atoms with Crippen LogP contribution in [-0.4, -0.2) is 60.0 Å². The third kappa shape index (κ3) is 6.65. The standard InChI is InChI=1S/C19H30N4O4/c1-5-9-14(20)16(24)18(26)21-12(2)17(25)22-15(19(27)23(3)4)13-10-7-6-8-11-13/h6-8,10-12,14-16,24H,5,9,20H2,1-4H3,(H,21,26)(H,22,25)/t12?,14-,15-,16-/m0/s1.